The van der Waals surface area contributed by atoms with Crippen molar-refractivity contribution in [1.29, 1.82) is 0 Å². The molecule has 9 nitrogen and oxygen atoms in total. The molecular weight excluding hydrogens is 599 g/mol. The fraction of sp³-hybridized carbons (Fsp3) is 0.286. The number of nitrogens with zero attached hydrogens (tertiary/aromatic N) is 2. The monoisotopic (exact) mass is 626 g/mol. The van der Waals surface area contributed by atoms with E-state index >= 15 is 8.78 Å². The maximum atomic E-state index is 15.1. The number of nitrogens with one attached hydrogen (secondary N) is 2. The van der Waals surface area contributed by atoms with Gasteiger partial charge in [0.15, 0.2) is 0 Å². The molecule has 4 rings (SSSR count). The van der Waals surface area contributed by atoms with Gasteiger partial charge in [0.1, 0.15) is 41.4 Å². The van der Waals surface area contributed by atoms with Crippen LogP contribution in [0.25, 0.3) is 0 Å². The van der Waals surface area contributed by atoms with Gasteiger partial charge in [-0.15, -0.1) is 0 Å². The molecule has 43 heavy (non-hydrogen) atoms. The molecule has 3 aromatic carbocycles. The summed E-state index contributed by atoms with van der Waals surface area (Å²) in [7, 11) is -1.97. The third kappa shape index (κ3) is 7.22. The topological polar surface area (TPSA) is 108 Å². The van der Waals surface area contributed by atoms with Crippen molar-refractivity contribution < 1.29 is 44.7 Å². The van der Waals surface area contributed by atoms with Crippen LogP contribution >= 0.6 is 0 Å². The minimum atomic E-state index is -3.47. The summed E-state index contributed by atoms with van der Waals surface area (Å²) in [6.07, 6.45) is 0.949. The second-order valence-electron chi connectivity index (χ2n) is 9.84. The predicted octanol–water partition coefficient (Wildman–Crippen LogP) is 4.37. The lowest BCUT2D eigenvalue weighted by Gasteiger charge is -2.39. The molecule has 0 bridgehead atoms. The molecule has 3 amide bonds. The van der Waals surface area contributed by atoms with Crippen LogP contribution in [0.3, 0.4) is 0 Å². The first-order chi connectivity index (χ1) is 20.2. The number of ether oxygens (including phenoxy) is 1. The molecule has 15 heteroatoms. The van der Waals surface area contributed by atoms with Gasteiger partial charge in [0.2, 0.25) is 10.0 Å². The summed E-state index contributed by atoms with van der Waals surface area (Å²) in [5.74, 6) is -6.49. The van der Waals surface area contributed by atoms with Crippen LogP contribution in [0.1, 0.15) is 40.0 Å². The average molecular weight is 627 g/mol. The molecule has 0 spiro atoms. The molecule has 2 N–H and O–H groups in total. The van der Waals surface area contributed by atoms with Crippen LogP contribution in [0.4, 0.5) is 32.4 Å². The van der Waals surface area contributed by atoms with E-state index < -0.39 is 81.3 Å². The van der Waals surface area contributed by atoms with Crippen LogP contribution in [0, 0.1) is 29.1 Å². The van der Waals surface area contributed by atoms with Gasteiger partial charge in [-0.05, 0) is 24.6 Å². The Balaban J connectivity index is 1.57. The summed E-state index contributed by atoms with van der Waals surface area (Å²) in [6.45, 7) is 0.243. The van der Waals surface area contributed by atoms with Crippen molar-refractivity contribution in [3.63, 3.8) is 0 Å². The minimum Gasteiger partial charge on any atom is -0.492 e. The van der Waals surface area contributed by atoms with E-state index in [1.54, 1.807) is 13.0 Å². The number of urea groups is 1. The van der Waals surface area contributed by atoms with Gasteiger partial charge in [0, 0.05) is 61.1 Å². The molecule has 1 aliphatic rings. The molecular formula is C28H27F5N4O5S. The van der Waals surface area contributed by atoms with Crippen molar-refractivity contribution in [2.45, 2.75) is 26.1 Å². The molecule has 0 radical (unpaired) electrons. The number of fused-ring (bicyclic) bond motifs is 1. The smallest absolute Gasteiger partial charge is 0.325 e. The van der Waals surface area contributed by atoms with Gasteiger partial charge in [0.25, 0.3) is 5.91 Å². The standard InChI is InChI=1S/C28H27F5N4O5S/c1-15-19-5-4-16(27(38)34-13-20-22(30)9-17(29)10-23(20)31)8-26(19)37(28(39)36(15)2)14-21-24(32)11-18(12-25(21)33)42-7-6-35-43(3,40)41/h4-5,8-12,15,35H,6-7,13-14H2,1-3H3,(H,34,38). The first-order valence-corrected chi connectivity index (χ1v) is 14.7. The molecule has 0 fully saturated rings. The first kappa shape index (κ1) is 31.7. The Morgan fingerprint density at radius 2 is 1.56 bits per heavy atom. The zero-order chi connectivity index (χ0) is 31.6. The van der Waals surface area contributed by atoms with Gasteiger partial charge in [-0.2, -0.15) is 0 Å². The summed E-state index contributed by atoms with van der Waals surface area (Å²) >= 11 is 0. The highest BCUT2D eigenvalue weighted by atomic mass is 32.2. The van der Waals surface area contributed by atoms with Crippen LogP contribution in [0.15, 0.2) is 42.5 Å². The summed E-state index contributed by atoms with van der Waals surface area (Å²) in [5.41, 5.74) is -0.281. The highest BCUT2D eigenvalue weighted by Gasteiger charge is 2.35. The lowest BCUT2D eigenvalue weighted by atomic mass is 9.98. The van der Waals surface area contributed by atoms with Gasteiger partial charge in [-0.25, -0.2) is 39.9 Å². The summed E-state index contributed by atoms with van der Waals surface area (Å²) < 4.78 is 101. The van der Waals surface area contributed by atoms with E-state index in [-0.39, 0.29) is 30.2 Å². The highest BCUT2D eigenvalue weighted by molar-refractivity contribution is 7.88. The summed E-state index contributed by atoms with van der Waals surface area (Å²) in [5, 5.41) is 2.35. The van der Waals surface area contributed by atoms with Gasteiger partial charge in [0.05, 0.1) is 24.5 Å². The van der Waals surface area contributed by atoms with E-state index in [1.165, 1.54) is 24.1 Å². The fourth-order valence-corrected chi connectivity index (χ4v) is 4.93. The Bertz CT molecular complexity index is 1640. The maximum absolute atomic E-state index is 15.1. The van der Waals surface area contributed by atoms with E-state index in [2.05, 4.69) is 10.0 Å². The Hall–Kier alpha value is -4.24. The first-order valence-electron chi connectivity index (χ1n) is 12.8. The van der Waals surface area contributed by atoms with Crippen LogP contribution in [0.2, 0.25) is 0 Å². The van der Waals surface area contributed by atoms with E-state index in [0.717, 1.165) is 23.3 Å². The average Bonchev–Trinajstić information content (AvgIpc) is 2.92. The Morgan fingerprint density at radius 3 is 2.16 bits per heavy atom. The SMILES string of the molecule is CC1c2ccc(C(=O)NCc3c(F)cc(F)cc3F)cc2N(Cc2c(F)cc(OCCNS(C)(=O)=O)cc2F)C(=O)N1C. The largest absolute Gasteiger partial charge is 0.492 e. The zero-order valence-corrected chi connectivity index (χ0v) is 24.0. The van der Waals surface area contributed by atoms with E-state index in [9.17, 15) is 31.2 Å². The molecule has 0 aliphatic carbocycles. The Morgan fingerprint density at radius 1 is 0.953 bits per heavy atom. The molecule has 230 valence electrons. The van der Waals surface area contributed by atoms with Crippen LogP contribution in [-0.4, -0.2) is 51.7 Å². The van der Waals surface area contributed by atoms with Gasteiger partial charge in [-0.3, -0.25) is 9.69 Å². The fourth-order valence-electron chi connectivity index (χ4n) is 4.47. The number of benzene rings is 3. The number of carbonyl (C=O) groups is 2. The maximum Gasteiger partial charge on any atom is 0.325 e. The van der Waals surface area contributed by atoms with E-state index in [0.29, 0.717) is 17.7 Å². The highest BCUT2D eigenvalue weighted by Crippen LogP contribution is 2.38. The van der Waals surface area contributed by atoms with Gasteiger partial charge in [-0.1, -0.05) is 6.07 Å². The minimum absolute atomic E-state index is 0.0105. The number of anilines is 1. The molecule has 0 aromatic heterocycles. The van der Waals surface area contributed by atoms with Gasteiger partial charge < -0.3 is 15.0 Å². The van der Waals surface area contributed by atoms with Crippen molar-refractivity contribution in [2.75, 3.05) is 31.4 Å². The summed E-state index contributed by atoms with van der Waals surface area (Å²) in [4.78, 5) is 28.6. The molecule has 1 aliphatic heterocycles. The van der Waals surface area contributed by atoms with Gasteiger partial charge >= 0.3 is 6.03 Å². The third-order valence-corrected chi connectivity index (χ3v) is 7.57. The van der Waals surface area contributed by atoms with Crippen LogP contribution in [-0.2, 0) is 23.1 Å². The number of halogens is 5. The number of rotatable bonds is 10. The summed E-state index contributed by atoms with van der Waals surface area (Å²) in [6, 6.07) is 5.99. The number of amides is 3. The molecule has 1 unspecified atom stereocenters. The lowest BCUT2D eigenvalue weighted by Crippen LogP contribution is -2.47. The third-order valence-electron chi connectivity index (χ3n) is 6.84. The quantitative estimate of drug-likeness (QED) is 0.257. The van der Waals surface area contributed by atoms with Crippen molar-refractivity contribution in [3.8, 4) is 5.75 Å². The van der Waals surface area contributed by atoms with Crippen LogP contribution < -0.4 is 19.7 Å². The number of carbonyl (C=O) groups excluding carboxylic acids is 2. The normalized spacial score (nSPS) is 15.0. The molecule has 1 heterocycles. The van der Waals surface area contributed by atoms with Crippen molar-refractivity contribution in [3.05, 3.63) is 93.8 Å². The molecule has 0 saturated carbocycles. The van der Waals surface area contributed by atoms with Crippen LogP contribution in [0.5, 0.6) is 5.75 Å². The number of hydrogen-bond acceptors (Lipinski definition) is 5. The molecule has 3 aromatic rings. The van der Waals surface area contributed by atoms with E-state index in [4.69, 9.17) is 4.74 Å². The second-order valence-corrected chi connectivity index (χ2v) is 11.7. The molecule has 1 atom stereocenters. The van der Waals surface area contributed by atoms with Crippen molar-refractivity contribution >= 4 is 27.6 Å². The zero-order valence-electron chi connectivity index (χ0n) is 23.2. The number of hydrogen-bond donors (Lipinski definition) is 2. The number of sulfonamides is 1. The Kier molecular flexibility index (Phi) is 9.25. The predicted molar refractivity (Wildman–Crippen MR) is 146 cm³/mol. The molecule has 0 saturated heterocycles. The second kappa shape index (κ2) is 12.6. The lowest BCUT2D eigenvalue weighted by molar-refractivity contribution is 0.0950. The van der Waals surface area contributed by atoms with Crippen molar-refractivity contribution in [2.24, 2.45) is 0 Å². The van der Waals surface area contributed by atoms with Crippen molar-refractivity contribution in [1.82, 2.24) is 14.9 Å². The Labute approximate surface area is 244 Å². The van der Waals surface area contributed by atoms with E-state index in [1.807, 2.05) is 0 Å².